The molecule has 2 aromatic rings. The van der Waals surface area contributed by atoms with E-state index in [9.17, 15) is 18.0 Å². The van der Waals surface area contributed by atoms with Gasteiger partial charge in [-0.1, -0.05) is 32.1 Å². The summed E-state index contributed by atoms with van der Waals surface area (Å²) in [5.41, 5.74) is 0.570. The molecule has 180 valence electrons. The summed E-state index contributed by atoms with van der Waals surface area (Å²) in [5.74, 6) is -0.951. The first-order valence-electron chi connectivity index (χ1n) is 10.3. The molecular weight excluding hydrogens is 455 g/mol. The van der Waals surface area contributed by atoms with Crippen molar-refractivity contribution in [3.8, 4) is 11.8 Å². The first-order chi connectivity index (χ1) is 15.1. The number of benzene rings is 1. The van der Waals surface area contributed by atoms with Gasteiger partial charge in [-0.05, 0) is 45.4 Å². The number of nitriles is 1. The number of aryl methyl sites for hydroxylation is 1. The molecule has 0 fully saturated rings. The van der Waals surface area contributed by atoms with Gasteiger partial charge >= 0.3 is 6.18 Å². The monoisotopic (exact) mass is 483 g/mol. The van der Waals surface area contributed by atoms with Gasteiger partial charge in [-0.3, -0.25) is 4.79 Å². The number of carbonyl (C=O) groups excluding carboxylic acids is 1. The summed E-state index contributed by atoms with van der Waals surface area (Å²) < 4.78 is 41.4. The minimum Gasteiger partial charge on any atom is -0.407 e. The number of amides is 1. The Balaban J connectivity index is 2.56. The Bertz CT molecular complexity index is 1100. The van der Waals surface area contributed by atoms with Crippen LogP contribution in [0.15, 0.2) is 23.2 Å². The number of rotatable bonds is 6. The molecule has 2 rings (SSSR count). The van der Waals surface area contributed by atoms with E-state index in [1.807, 2.05) is 26.8 Å². The fourth-order valence-electron chi connectivity index (χ4n) is 2.47. The number of nitrogens with zero attached hydrogens (tertiary/aromatic N) is 4. The Labute approximate surface area is 194 Å². The number of hydroxylamine groups is 1. The lowest BCUT2D eigenvalue weighted by Gasteiger charge is -2.21. The number of nitrogens with one attached hydrogen (secondary N) is 1. The predicted octanol–water partition coefficient (Wildman–Crippen LogP) is 4.99. The van der Waals surface area contributed by atoms with Crippen LogP contribution in [0.3, 0.4) is 0 Å². The molecule has 11 heteroatoms. The first-order valence-corrected chi connectivity index (χ1v) is 11.1. The Hall–Kier alpha value is -2.71. The Kier molecular flexibility index (Phi) is 8.09. The third kappa shape index (κ3) is 7.68. The van der Waals surface area contributed by atoms with E-state index >= 15 is 0 Å². The van der Waals surface area contributed by atoms with Gasteiger partial charge in [0.1, 0.15) is 5.01 Å². The van der Waals surface area contributed by atoms with Crippen molar-refractivity contribution in [3.63, 3.8) is 0 Å². The topological polar surface area (TPSA) is 92.3 Å². The van der Waals surface area contributed by atoms with Crippen molar-refractivity contribution >= 4 is 17.2 Å². The van der Waals surface area contributed by atoms with Crippen LogP contribution in [-0.4, -0.2) is 21.2 Å². The highest BCUT2D eigenvalue weighted by atomic mass is 32.1. The summed E-state index contributed by atoms with van der Waals surface area (Å²) in [4.78, 5) is 22.8. The fourth-order valence-corrected chi connectivity index (χ4v) is 3.45. The van der Waals surface area contributed by atoms with Crippen LogP contribution in [-0.2, 0) is 18.1 Å². The van der Waals surface area contributed by atoms with E-state index in [4.69, 9.17) is 10.1 Å². The molecule has 1 heterocycles. The summed E-state index contributed by atoms with van der Waals surface area (Å²) in [5, 5.41) is 14.0. The Morgan fingerprint density at radius 2 is 1.91 bits per heavy atom. The zero-order valence-corrected chi connectivity index (χ0v) is 20.3. The SMILES string of the molecule is CC(C)(C)NOc1ccc(C(F)(F)F)cc1C(=O)/N=c1\sc(C(C)(C)C)nn1CCCC#N. The van der Waals surface area contributed by atoms with Gasteiger partial charge in [0.25, 0.3) is 5.91 Å². The number of unbranched alkanes of at least 4 members (excludes halogenated alkanes) is 1. The Morgan fingerprint density at radius 3 is 2.45 bits per heavy atom. The van der Waals surface area contributed by atoms with Gasteiger partial charge in [-0.25, -0.2) is 4.68 Å². The second kappa shape index (κ2) is 10.1. The second-order valence-electron chi connectivity index (χ2n) is 9.50. The van der Waals surface area contributed by atoms with Crippen molar-refractivity contribution in [2.75, 3.05) is 0 Å². The summed E-state index contributed by atoms with van der Waals surface area (Å²) in [6, 6.07) is 4.73. The third-order valence-electron chi connectivity index (χ3n) is 4.12. The van der Waals surface area contributed by atoms with Crippen LogP contribution in [0.1, 0.15) is 75.3 Å². The average Bonchev–Trinajstić information content (AvgIpc) is 3.08. The molecule has 7 nitrogen and oxygen atoms in total. The van der Waals surface area contributed by atoms with E-state index in [0.717, 1.165) is 18.2 Å². The molecule has 0 unspecified atom stereocenters. The molecule has 0 aliphatic rings. The summed E-state index contributed by atoms with van der Waals surface area (Å²) >= 11 is 1.18. The van der Waals surface area contributed by atoms with Crippen molar-refractivity contribution < 1.29 is 22.8 Å². The largest absolute Gasteiger partial charge is 0.416 e. The highest BCUT2D eigenvalue weighted by Crippen LogP contribution is 2.33. The molecule has 0 atom stereocenters. The number of hydrogen-bond acceptors (Lipinski definition) is 6. The third-order valence-corrected chi connectivity index (χ3v) is 5.49. The van der Waals surface area contributed by atoms with Crippen molar-refractivity contribution in [3.05, 3.63) is 39.1 Å². The minimum atomic E-state index is -4.63. The Morgan fingerprint density at radius 1 is 1.24 bits per heavy atom. The number of aromatic nitrogens is 2. The van der Waals surface area contributed by atoms with Crippen molar-refractivity contribution in [1.29, 1.82) is 5.26 Å². The quantitative estimate of drug-likeness (QED) is 0.462. The van der Waals surface area contributed by atoms with Gasteiger partial charge in [0, 0.05) is 23.9 Å². The van der Waals surface area contributed by atoms with Gasteiger partial charge < -0.3 is 4.84 Å². The maximum absolute atomic E-state index is 13.3. The highest BCUT2D eigenvalue weighted by molar-refractivity contribution is 7.09. The zero-order chi connectivity index (χ0) is 25.0. The van der Waals surface area contributed by atoms with Crippen LogP contribution in [0.25, 0.3) is 0 Å². The minimum absolute atomic E-state index is 0.0664. The molecule has 0 radical (unpaired) electrons. The molecule has 1 amide bonds. The van der Waals surface area contributed by atoms with E-state index in [1.54, 1.807) is 20.8 Å². The van der Waals surface area contributed by atoms with Gasteiger partial charge in [-0.2, -0.15) is 34.0 Å². The van der Waals surface area contributed by atoms with Crippen LogP contribution >= 0.6 is 11.3 Å². The molecule has 1 aromatic carbocycles. The van der Waals surface area contributed by atoms with Crippen LogP contribution in [0, 0.1) is 11.3 Å². The lowest BCUT2D eigenvalue weighted by Crippen LogP contribution is -2.38. The average molecular weight is 484 g/mol. The van der Waals surface area contributed by atoms with Crippen molar-refractivity contribution in [1.82, 2.24) is 15.3 Å². The van der Waals surface area contributed by atoms with Gasteiger partial charge in [0.2, 0.25) is 4.80 Å². The molecule has 1 N–H and O–H groups in total. The second-order valence-corrected chi connectivity index (χ2v) is 10.5. The van der Waals surface area contributed by atoms with E-state index in [1.165, 1.54) is 16.0 Å². The van der Waals surface area contributed by atoms with Crippen LogP contribution < -0.4 is 15.1 Å². The normalized spacial score (nSPS) is 13.2. The molecule has 0 spiro atoms. The van der Waals surface area contributed by atoms with E-state index < -0.39 is 23.2 Å². The smallest absolute Gasteiger partial charge is 0.407 e. The standard InChI is InChI=1S/C22H28F3N5O2S/c1-20(2,3)18-28-30(12-8-7-11-26)19(33-18)27-17(31)15-13-14(22(23,24)25)9-10-16(15)32-29-21(4,5)6/h9-10,13,29H,7-8,12H2,1-6H3/b27-19-. The molecule has 0 aliphatic heterocycles. The van der Waals surface area contributed by atoms with E-state index in [2.05, 4.69) is 15.6 Å². The lowest BCUT2D eigenvalue weighted by atomic mass is 9.98. The number of carbonyl (C=O) groups is 1. The maximum atomic E-state index is 13.3. The molecule has 0 bridgehead atoms. The van der Waals surface area contributed by atoms with Crippen molar-refractivity contribution in [2.24, 2.45) is 4.99 Å². The predicted molar refractivity (Wildman–Crippen MR) is 119 cm³/mol. The van der Waals surface area contributed by atoms with Crippen LogP contribution in [0.5, 0.6) is 5.75 Å². The number of hydrogen-bond donors (Lipinski definition) is 1. The molecule has 0 saturated heterocycles. The molecule has 1 aromatic heterocycles. The highest BCUT2D eigenvalue weighted by Gasteiger charge is 2.32. The summed E-state index contributed by atoms with van der Waals surface area (Å²) in [6.07, 6.45) is -3.84. The van der Waals surface area contributed by atoms with Crippen LogP contribution in [0.2, 0.25) is 0 Å². The van der Waals surface area contributed by atoms with Gasteiger partial charge in [0.15, 0.2) is 5.75 Å². The lowest BCUT2D eigenvalue weighted by molar-refractivity contribution is -0.137. The van der Waals surface area contributed by atoms with Crippen LogP contribution in [0.4, 0.5) is 13.2 Å². The zero-order valence-electron chi connectivity index (χ0n) is 19.5. The number of alkyl halides is 3. The van der Waals surface area contributed by atoms with Gasteiger partial charge in [0.05, 0.1) is 17.2 Å². The summed E-state index contributed by atoms with van der Waals surface area (Å²) in [7, 11) is 0. The number of halogens is 3. The maximum Gasteiger partial charge on any atom is 0.416 e. The molecule has 33 heavy (non-hydrogen) atoms. The van der Waals surface area contributed by atoms with E-state index in [0.29, 0.717) is 24.4 Å². The molecular formula is C22H28F3N5O2S. The first kappa shape index (κ1) is 26.5. The molecule has 0 aliphatic carbocycles. The molecule has 0 saturated carbocycles. The summed E-state index contributed by atoms with van der Waals surface area (Å²) in [6.45, 7) is 11.6. The van der Waals surface area contributed by atoms with Gasteiger partial charge in [-0.15, -0.1) is 0 Å². The van der Waals surface area contributed by atoms with Crippen molar-refractivity contribution in [2.45, 2.75) is 78.1 Å². The van der Waals surface area contributed by atoms with E-state index in [-0.39, 0.29) is 21.5 Å². The fraction of sp³-hybridized carbons (Fsp3) is 0.545.